The molecular weight excluding hydrogens is 246 g/mol. The van der Waals surface area contributed by atoms with Crippen molar-refractivity contribution in [1.82, 2.24) is 0 Å². The second-order valence-electron chi connectivity index (χ2n) is 8.43. The van der Waals surface area contributed by atoms with Crippen LogP contribution in [0.15, 0.2) is 0 Å². The Hall–Kier alpha value is -0.0800. The fourth-order valence-electron chi connectivity index (χ4n) is 6.03. The molecule has 6 rings (SSSR count). The third-order valence-corrected chi connectivity index (χ3v) is 7.57. The molecule has 0 aromatic heterocycles. The molecule has 6 aliphatic rings. The topological polar surface area (TPSA) is 9.23 Å². The van der Waals surface area contributed by atoms with E-state index in [0.29, 0.717) is 12.2 Å². The summed E-state index contributed by atoms with van der Waals surface area (Å²) >= 11 is 0. The molecule has 4 saturated heterocycles. The van der Waals surface area contributed by atoms with Crippen LogP contribution in [0.25, 0.3) is 0 Å². The van der Waals surface area contributed by atoms with Gasteiger partial charge in [0.15, 0.2) is 18.1 Å². The lowest BCUT2D eigenvalue weighted by Gasteiger charge is -2.24. The van der Waals surface area contributed by atoms with Crippen molar-refractivity contribution in [3.8, 4) is 0 Å². The molecule has 0 N–H and O–H groups in total. The largest absolute Gasteiger partial charge is 0.374 e. The minimum absolute atomic E-state index is 0.547. The molecule has 112 valence electrons. The highest BCUT2D eigenvalue weighted by molar-refractivity contribution is 5.42. The van der Waals surface area contributed by atoms with E-state index in [9.17, 15) is 0 Å². The number of hydrogen-bond acceptors (Lipinski definition) is 1. The summed E-state index contributed by atoms with van der Waals surface area (Å²) < 4.78 is 8.19. The Balaban J connectivity index is 1.13. The summed E-state index contributed by atoms with van der Waals surface area (Å²) in [7, 11) is 0. The molecule has 0 radical (unpaired) electrons. The minimum Gasteiger partial charge on any atom is -0.374 e. The van der Waals surface area contributed by atoms with Crippen LogP contribution in [0.1, 0.15) is 59.3 Å². The third-order valence-electron chi connectivity index (χ3n) is 7.57. The van der Waals surface area contributed by atoms with Crippen LogP contribution in [-0.2, 0) is 4.74 Å². The standard InChI is InChI=1S/C18H30NO/c1-4-6-7-8-12(10(3)5-2)20-13-9-11(13)15-16-14-17-18(14)19(15,16)17/h10-18H,4-9H2,1-3H3/q+1. The van der Waals surface area contributed by atoms with E-state index in [-0.39, 0.29) is 0 Å². The van der Waals surface area contributed by atoms with Gasteiger partial charge in [-0.2, -0.15) is 0 Å². The van der Waals surface area contributed by atoms with Crippen LogP contribution in [0.3, 0.4) is 0 Å². The number of unbranched alkanes of at least 4 members (excludes halogenated alkanes) is 2. The van der Waals surface area contributed by atoms with E-state index < -0.39 is 0 Å². The van der Waals surface area contributed by atoms with Crippen LogP contribution in [0.2, 0.25) is 0 Å². The molecule has 2 bridgehead atoms. The van der Waals surface area contributed by atoms with Crippen molar-refractivity contribution < 1.29 is 9.22 Å². The molecule has 2 heteroatoms. The fourth-order valence-corrected chi connectivity index (χ4v) is 6.03. The first kappa shape index (κ1) is 12.5. The summed E-state index contributed by atoms with van der Waals surface area (Å²) in [5.41, 5.74) is 0. The van der Waals surface area contributed by atoms with E-state index in [4.69, 9.17) is 4.74 Å². The maximum Gasteiger partial charge on any atom is 0.158 e. The van der Waals surface area contributed by atoms with Gasteiger partial charge in [0.2, 0.25) is 0 Å². The zero-order valence-corrected chi connectivity index (χ0v) is 13.3. The number of piperidine rings is 1. The first-order valence-electron chi connectivity index (χ1n) is 9.30. The smallest absolute Gasteiger partial charge is 0.158 e. The van der Waals surface area contributed by atoms with Crippen molar-refractivity contribution in [2.75, 3.05) is 0 Å². The first-order chi connectivity index (χ1) is 9.76. The number of rotatable bonds is 9. The average Bonchev–Trinajstić information content (AvgIpc) is 3.29. The number of nitrogens with zero attached hydrogens (tertiary/aromatic N) is 1. The summed E-state index contributed by atoms with van der Waals surface area (Å²) in [6.45, 7) is 7.01. The maximum atomic E-state index is 6.56. The van der Waals surface area contributed by atoms with E-state index in [1.807, 2.05) is 0 Å². The van der Waals surface area contributed by atoms with Gasteiger partial charge < -0.3 is 4.74 Å². The van der Waals surface area contributed by atoms with Gasteiger partial charge in [-0.1, -0.05) is 46.5 Å². The first-order valence-corrected chi connectivity index (χ1v) is 9.30. The van der Waals surface area contributed by atoms with Crippen molar-refractivity contribution in [3.63, 3.8) is 0 Å². The average molecular weight is 276 g/mol. The van der Waals surface area contributed by atoms with E-state index >= 15 is 0 Å². The normalized spacial score (nSPS) is 58.0. The summed E-state index contributed by atoms with van der Waals surface area (Å²) in [6.07, 6.45) is 9.23. The lowest BCUT2D eigenvalue weighted by atomic mass is 9.96. The van der Waals surface area contributed by atoms with Crippen LogP contribution >= 0.6 is 0 Å². The Kier molecular flexibility index (Phi) is 2.38. The second kappa shape index (κ2) is 3.81. The lowest BCUT2D eigenvalue weighted by Crippen LogP contribution is -2.38. The summed E-state index contributed by atoms with van der Waals surface area (Å²) in [5, 5.41) is 0. The van der Waals surface area contributed by atoms with Gasteiger partial charge in [0.05, 0.1) is 12.2 Å². The van der Waals surface area contributed by atoms with Crippen molar-refractivity contribution >= 4 is 0 Å². The van der Waals surface area contributed by atoms with E-state index in [0.717, 1.165) is 23.9 Å². The van der Waals surface area contributed by atoms with Gasteiger partial charge in [0.1, 0.15) is 12.0 Å². The van der Waals surface area contributed by atoms with Gasteiger partial charge in [0.25, 0.3) is 0 Å². The monoisotopic (exact) mass is 276 g/mol. The number of quaternary nitrogens is 1. The molecule has 2 aliphatic carbocycles. The van der Waals surface area contributed by atoms with Crippen molar-refractivity contribution in [1.29, 1.82) is 0 Å². The molecule has 8 unspecified atom stereocenters. The zero-order chi connectivity index (χ0) is 13.6. The molecule has 6 fully saturated rings. The van der Waals surface area contributed by atoms with Crippen LogP contribution in [0.5, 0.6) is 0 Å². The summed E-state index contributed by atoms with van der Waals surface area (Å²) in [5.74, 6) is 2.94. The van der Waals surface area contributed by atoms with Crippen LogP contribution in [0.4, 0.5) is 0 Å². The van der Waals surface area contributed by atoms with Crippen LogP contribution in [-0.4, -0.2) is 40.9 Å². The minimum atomic E-state index is 0.547. The van der Waals surface area contributed by atoms with Crippen molar-refractivity contribution in [2.45, 2.75) is 95.7 Å². The molecule has 4 aliphatic heterocycles. The van der Waals surface area contributed by atoms with Gasteiger partial charge in [-0.15, -0.1) is 0 Å². The number of ether oxygens (including phenoxy) is 1. The van der Waals surface area contributed by atoms with E-state index in [1.54, 1.807) is 4.48 Å². The highest BCUT2D eigenvalue weighted by Gasteiger charge is 3.19. The van der Waals surface area contributed by atoms with Gasteiger partial charge >= 0.3 is 0 Å². The zero-order valence-electron chi connectivity index (χ0n) is 13.3. The Bertz CT molecular complexity index is 418. The van der Waals surface area contributed by atoms with Crippen LogP contribution < -0.4 is 0 Å². The molecule has 8 atom stereocenters. The van der Waals surface area contributed by atoms with E-state index in [2.05, 4.69) is 20.8 Å². The predicted molar refractivity (Wildman–Crippen MR) is 79.3 cm³/mol. The molecule has 0 aromatic rings. The van der Waals surface area contributed by atoms with E-state index in [1.165, 1.54) is 56.5 Å². The maximum absolute atomic E-state index is 6.56. The van der Waals surface area contributed by atoms with Gasteiger partial charge in [-0.25, -0.2) is 0 Å². The van der Waals surface area contributed by atoms with Crippen molar-refractivity contribution in [2.24, 2.45) is 17.8 Å². The Labute approximate surface area is 123 Å². The molecule has 1 spiro atoms. The SMILES string of the molecule is CCCCCC(OC1CC1C1C2C3C4C3[N+]124)C(C)CC. The van der Waals surface area contributed by atoms with Gasteiger partial charge in [0, 0.05) is 5.92 Å². The summed E-state index contributed by atoms with van der Waals surface area (Å²) in [4.78, 5) is 0. The second-order valence-corrected chi connectivity index (χ2v) is 8.43. The Morgan fingerprint density at radius 2 is 1.85 bits per heavy atom. The summed E-state index contributed by atoms with van der Waals surface area (Å²) in [6, 6.07) is 4.64. The Morgan fingerprint density at radius 1 is 1.10 bits per heavy atom. The molecule has 0 aromatic carbocycles. The van der Waals surface area contributed by atoms with Crippen LogP contribution in [0, 0.1) is 17.8 Å². The molecular formula is C18H30NO+. The van der Waals surface area contributed by atoms with Gasteiger partial charge in [-0.3, -0.25) is 4.48 Å². The van der Waals surface area contributed by atoms with Gasteiger partial charge in [-0.05, 0) is 18.8 Å². The molecule has 0 amide bonds. The number of hydrogen-bond donors (Lipinski definition) is 0. The molecule has 2 nitrogen and oxygen atoms in total. The molecule has 20 heavy (non-hydrogen) atoms. The molecule has 2 saturated carbocycles. The third kappa shape index (κ3) is 1.30. The highest BCUT2D eigenvalue weighted by Crippen LogP contribution is 2.94. The lowest BCUT2D eigenvalue weighted by molar-refractivity contribution is -0.810. The fraction of sp³-hybridized carbons (Fsp3) is 1.00. The van der Waals surface area contributed by atoms with Crippen molar-refractivity contribution in [3.05, 3.63) is 0 Å². The quantitative estimate of drug-likeness (QED) is 0.356. The highest BCUT2D eigenvalue weighted by atomic mass is 16.5. The Morgan fingerprint density at radius 3 is 2.40 bits per heavy atom. The predicted octanol–water partition coefficient (Wildman–Crippen LogP) is 3.35. The molecule has 4 heterocycles.